The third-order valence-corrected chi connectivity index (χ3v) is 1.01. The van der Waals surface area contributed by atoms with Crippen LogP contribution in [0.2, 0.25) is 0 Å². The van der Waals surface area contributed by atoms with E-state index in [0.29, 0.717) is 6.92 Å². The van der Waals surface area contributed by atoms with E-state index < -0.39 is 24.8 Å². The molecule has 0 saturated heterocycles. The van der Waals surface area contributed by atoms with E-state index in [2.05, 4.69) is 9.47 Å². The van der Waals surface area contributed by atoms with Crippen molar-refractivity contribution in [3.8, 4) is 0 Å². The summed E-state index contributed by atoms with van der Waals surface area (Å²) >= 11 is 0. The van der Waals surface area contributed by atoms with Gasteiger partial charge in [-0.2, -0.15) is 8.78 Å². The van der Waals surface area contributed by atoms with Crippen molar-refractivity contribution in [2.24, 2.45) is 0 Å². The van der Waals surface area contributed by atoms with Gasteiger partial charge in [0, 0.05) is 13.8 Å². The second-order valence-electron chi connectivity index (χ2n) is 2.58. The maximum atomic E-state index is 12.0. The summed E-state index contributed by atoms with van der Waals surface area (Å²) in [4.78, 5) is 10.2. The van der Waals surface area contributed by atoms with Gasteiger partial charge in [-0.05, 0) is 0 Å². The summed E-state index contributed by atoms with van der Waals surface area (Å²) in [6.07, 6.45) is -4.51. The highest BCUT2D eigenvalue weighted by molar-refractivity contribution is 5.65. The average molecular weight is 198 g/mol. The molecule has 0 rings (SSSR count). The molecule has 0 heterocycles. The molecule has 0 aliphatic carbocycles. The lowest BCUT2D eigenvalue weighted by atomic mass is 10.4. The maximum Gasteiger partial charge on any atom is 0.353 e. The van der Waals surface area contributed by atoms with Gasteiger partial charge in [0.2, 0.25) is 0 Å². The Balaban J connectivity index is 3.52. The van der Waals surface area contributed by atoms with E-state index in [1.54, 1.807) is 0 Å². The topological polar surface area (TPSA) is 55.8 Å². The van der Waals surface area contributed by atoms with E-state index in [9.17, 15) is 13.6 Å². The summed E-state index contributed by atoms with van der Waals surface area (Å²) in [7, 11) is 0. The Morgan fingerprint density at radius 2 is 2.08 bits per heavy atom. The molecule has 0 bridgehead atoms. The van der Waals surface area contributed by atoms with Gasteiger partial charge in [-0.15, -0.1) is 0 Å². The molecule has 78 valence electrons. The highest BCUT2D eigenvalue weighted by atomic mass is 19.3. The van der Waals surface area contributed by atoms with Crippen LogP contribution in [0.3, 0.4) is 0 Å². The second kappa shape index (κ2) is 5.08. The number of esters is 1. The molecule has 0 aliphatic heterocycles. The number of alkyl halides is 2. The van der Waals surface area contributed by atoms with Crippen molar-refractivity contribution in [1.82, 2.24) is 0 Å². The fourth-order valence-electron chi connectivity index (χ4n) is 0.504. The summed E-state index contributed by atoms with van der Waals surface area (Å²) in [5, 5.41) is 8.93. The molecule has 6 heteroatoms. The van der Waals surface area contributed by atoms with Gasteiger partial charge < -0.3 is 14.6 Å². The lowest BCUT2D eigenvalue weighted by molar-refractivity contribution is -0.236. The first-order valence-electron chi connectivity index (χ1n) is 3.64. The van der Waals surface area contributed by atoms with E-state index in [1.165, 1.54) is 0 Å². The summed E-state index contributed by atoms with van der Waals surface area (Å²) in [5.74, 6) is -0.581. The predicted octanol–water partition coefficient (Wildman–Crippen LogP) is 0.540. The first-order chi connectivity index (χ1) is 5.81. The van der Waals surface area contributed by atoms with E-state index in [1.807, 2.05) is 0 Å². The largest absolute Gasteiger partial charge is 0.463 e. The second-order valence-corrected chi connectivity index (χ2v) is 2.58. The number of carbonyl (C=O) groups excluding carboxylic acids is 1. The molecule has 0 fully saturated rings. The van der Waals surface area contributed by atoms with Crippen LogP contribution in [0.5, 0.6) is 0 Å². The molecule has 13 heavy (non-hydrogen) atoms. The van der Waals surface area contributed by atoms with E-state index in [0.717, 1.165) is 6.92 Å². The van der Waals surface area contributed by atoms with Crippen molar-refractivity contribution < 1.29 is 28.2 Å². The normalized spacial score (nSPS) is 13.9. The SMILES string of the molecule is CC(=O)OCC(O)COC(C)(F)F. The number of carbonyl (C=O) groups is 1. The molecular weight excluding hydrogens is 186 g/mol. The summed E-state index contributed by atoms with van der Waals surface area (Å²) < 4.78 is 32.4. The van der Waals surface area contributed by atoms with Crippen LogP contribution in [0.4, 0.5) is 8.78 Å². The minimum absolute atomic E-state index is 0.342. The molecule has 0 aliphatic rings. The lowest BCUT2D eigenvalue weighted by Crippen LogP contribution is -2.28. The highest BCUT2D eigenvalue weighted by Crippen LogP contribution is 2.13. The van der Waals surface area contributed by atoms with Gasteiger partial charge in [0.15, 0.2) is 0 Å². The van der Waals surface area contributed by atoms with Crippen LogP contribution >= 0.6 is 0 Å². The predicted molar refractivity (Wildman–Crippen MR) is 39.2 cm³/mol. The van der Waals surface area contributed by atoms with Crippen molar-refractivity contribution in [1.29, 1.82) is 0 Å². The third kappa shape index (κ3) is 9.16. The van der Waals surface area contributed by atoms with Crippen molar-refractivity contribution in [3.05, 3.63) is 0 Å². The van der Waals surface area contributed by atoms with Gasteiger partial charge in [-0.25, -0.2) is 0 Å². The molecule has 0 spiro atoms. The number of ether oxygens (including phenoxy) is 2. The fraction of sp³-hybridized carbons (Fsp3) is 0.857. The molecule has 1 atom stereocenters. The van der Waals surface area contributed by atoms with Crippen molar-refractivity contribution >= 4 is 5.97 Å². The molecule has 1 unspecified atom stereocenters. The minimum Gasteiger partial charge on any atom is -0.463 e. The molecule has 4 nitrogen and oxygen atoms in total. The third-order valence-electron chi connectivity index (χ3n) is 1.01. The van der Waals surface area contributed by atoms with Crippen LogP contribution in [0.1, 0.15) is 13.8 Å². The molecule has 0 amide bonds. The smallest absolute Gasteiger partial charge is 0.353 e. The first kappa shape index (κ1) is 12.2. The lowest BCUT2D eigenvalue weighted by Gasteiger charge is -2.14. The van der Waals surface area contributed by atoms with Crippen molar-refractivity contribution in [2.75, 3.05) is 13.2 Å². The van der Waals surface area contributed by atoms with Gasteiger partial charge in [0.05, 0.1) is 6.61 Å². The summed E-state index contributed by atoms with van der Waals surface area (Å²) in [6, 6.07) is 0. The maximum absolute atomic E-state index is 12.0. The van der Waals surface area contributed by atoms with Crippen molar-refractivity contribution in [3.63, 3.8) is 0 Å². The van der Waals surface area contributed by atoms with Gasteiger partial charge in [-0.1, -0.05) is 0 Å². The zero-order chi connectivity index (χ0) is 10.5. The molecule has 0 aromatic carbocycles. The Hall–Kier alpha value is -0.750. The number of rotatable bonds is 5. The van der Waals surface area contributed by atoms with E-state index in [-0.39, 0.29) is 6.61 Å². The Morgan fingerprint density at radius 1 is 1.54 bits per heavy atom. The molecule has 1 N–H and O–H groups in total. The Bertz CT molecular complexity index is 166. The highest BCUT2D eigenvalue weighted by Gasteiger charge is 2.23. The number of hydrogen-bond acceptors (Lipinski definition) is 4. The zero-order valence-corrected chi connectivity index (χ0v) is 7.42. The standard InChI is InChI=1S/C7H12F2O4/c1-5(10)12-3-6(11)4-13-7(2,8)9/h6,11H,3-4H2,1-2H3. The minimum atomic E-state index is -3.28. The number of aliphatic hydroxyl groups is 1. The van der Waals surface area contributed by atoms with Crippen LogP contribution < -0.4 is 0 Å². The summed E-state index contributed by atoms with van der Waals surface area (Å²) in [6.45, 7) is 0.801. The molecular formula is C7H12F2O4. The van der Waals surface area contributed by atoms with Crippen LogP contribution in [-0.4, -0.2) is 36.5 Å². The fourth-order valence-corrected chi connectivity index (χ4v) is 0.504. The monoisotopic (exact) mass is 198 g/mol. The van der Waals surface area contributed by atoms with Gasteiger partial charge in [0.25, 0.3) is 0 Å². The van der Waals surface area contributed by atoms with Gasteiger partial charge in [-0.3, -0.25) is 4.79 Å². The van der Waals surface area contributed by atoms with Crippen molar-refractivity contribution in [2.45, 2.75) is 26.1 Å². The van der Waals surface area contributed by atoms with E-state index in [4.69, 9.17) is 5.11 Å². The summed E-state index contributed by atoms with van der Waals surface area (Å²) in [5.41, 5.74) is 0. The first-order valence-corrected chi connectivity index (χ1v) is 3.64. The zero-order valence-electron chi connectivity index (χ0n) is 7.42. The Labute approximate surface area is 74.4 Å². The molecule has 0 aromatic rings. The molecule has 0 aromatic heterocycles. The van der Waals surface area contributed by atoms with Gasteiger partial charge in [0.1, 0.15) is 12.7 Å². The van der Waals surface area contributed by atoms with Gasteiger partial charge >= 0.3 is 12.1 Å². The van der Waals surface area contributed by atoms with Crippen LogP contribution in [0.25, 0.3) is 0 Å². The molecule has 0 saturated carbocycles. The average Bonchev–Trinajstić information content (AvgIpc) is 1.95. The number of halogens is 2. The Morgan fingerprint density at radius 3 is 2.46 bits per heavy atom. The van der Waals surface area contributed by atoms with E-state index >= 15 is 0 Å². The van der Waals surface area contributed by atoms with Crippen LogP contribution in [0.15, 0.2) is 0 Å². The number of aliphatic hydroxyl groups excluding tert-OH is 1. The molecule has 0 radical (unpaired) electrons. The van der Waals surface area contributed by atoms with Crippen LogP contribution in [-0.2, 0) is 14.3 Å². The Kier molecular flexibility index (Phi) is 4.79. The quantitative estimate of drug-likeness (QED) is 0.655. The number of hydrogen-bond donors (Lipinski definition) is 1. The van der Waals surface area contributed by atoms with Crippen LogP contribution in [0, 0.1) is 0 Å².